The number of aromatic amines is 1. The molecule has 0 saturated carbocycles. The largest absolute Gasteiger partial charge is 0.366 e. The molecule has 0 radical (unpaired) electrons. The molecule has 8 nitrogen and oxygen atoms in total. The molecular weight excluding hydrogens is 258 g/mol. The van der Waals surface area contributed by atoms with E-state index in [0.29, 0.717) is 16.8 Å². The van der Waals surface area contributed by atoms with Crippen LogP contribution in [-0.2, 0) is 0 Å². The fraction of sp³-hybridized carbons (Fsp3) is 0.0833. The second-order valence-electron chi connectivity index (χ2n) is 3.89. The van der Waals surface area contributed by atoms with Gasteiger partial charge in [0.2, 0.25) is 11.7 Å². The maximum Gasteiger partial charge on any atom is 0.249 e. The number of tetrazole rings is 1. The van der Waals surface area contributed by atoms with E-state index in [1.807, 2.05) is 6.07 Å². The molecule has 0 unspecified atom stereocenters. The van der Waals surface area contributed by atoms with Crippen LogP contribution in [0.2, 0.25) is 0 Å². The topological polar surface area (TPSA) is 133 Å². The Bertz CT molecular complexity index is 697. The van der Waals surface area contributed by atoms with E-state index in [1.54, 1.807) is 25.1 Å². The fourth-order valence-electron chi connectivity index (χ4n) is 1.63. The zero-order valence-electron chi connectivity index (χ0n) is 10.6. The lowest BCUT2D eigenvalue weighted by Gasteiger charge is -2.08. The highest BCUT2D eigenvalue weighted by Crippen LogP contribution is 2.19. The predicted octanol–water partition coefficient (Wildman–Crippen LogP) is 0.584. The van der Waals surface area contributed by atoms with E-state index in [4.69, 9.17) is 11.0 Å². The monoisotopic (exact) mass is 269 g/mol. The molecule has 100 valence electrons. The molecule has 0 fully saturated rings. The van der Waals surface area contributed by atoms with Crippen LogP contribution in [0.5, 0.6) is 0 Å². The molecule has 0 atom stereocenters. The summed E-state index contributed by atoms with van der Waals surface area (Å²) in [4.78, 5) is 11.2. The summed E-state index contributed by atoms with van der Waals surface area (Å²) in [5.74, 6) is -0.322. The number of carbonyl (C=O) groups is 1. The molecule has 4 N–H and O–H groups in total. The Balaban J connectivity index is 2.29. The quantitative estimate of drug-likeness (QED) is 0.695. The lowest BCUT2D eigenvalue weighted by atomic mass is 10.1. The third-order valence-electron chi connectivity index (χ3n) is 2.68. The minimum Gasteiger partial charge on any atom is -0.366 e. The van der Waals surface area contributed by atoms with Crippen molar-refractivity contribution < 1.29 is 4.79 Å². The number of nitrogens with two attached hydrogens (primary N) is 1. The Morgan fingerprint density at radius 1 is 1.55 bits per heavy atom. The van der Waals surface area contributed by atoms with E-state index in [0.717, 1.165) is 0 Å². The molecule has 1 aromatic carbocycles. The molecule has 8 heteroatoms. The van der Waals surface area contributed by atoms with Crippen molar-refractivity contribution >= 4 is 17.2 Å². The van der Waals surface area contributed by atoms with Gasteiger partial charge >= 0.3 is 0 Å². The summed E-state index contributed by atoms with van der Waals surface area (Å²) in [5, 5.41) is 25.0. The van der Waals surface area contributed by atoms with Crippen LogP contribution in [0.3, 0.4) is 0 Å². The van der Waals surface area contributed by atoms with Crippen molar-refractivity contribution in [3.8, 4) is 6.07 Å². The molecule has 1 amide bonds. The zero-order valence-corrected chi connectivity index (χ0v) is 10.6. The van der Waals surface area contributed by atoms with Crippen LogP contribution >= 0.6 is 0 Å². The zero-order chi connectivity index (χ0) is 14.5. The maximum atomic E-state index is 11.2. The number of nitrogens with zero attached hydrogens (tertiary/aromatic N) is 4. The number of allylic oxidation sites excluding steroid dienone is 1. The molecule has 0 saturated heterocycles. The number of hydrogen-bond acceptors (Lipinski definition) is 6. The molecule has 1 aromatic heterocycles. The van der Waals surface area contributed by atoms with Crippen molar-refractivity contribution in [2.24, 2.45) is 5.73 Å². The van der Waals surface area contributed by atoms with Gasteiger partial charge in [-0.25, -0.2) is 0 Å². The number of amides is 1. The lowest BCUT2D eigenvalue weighted by molar-refractivity contribution is 0.1000. The van der Waals surface area contributed by atoms with Gasteiger partial charge in [-0.1, -0.05) is 6.07 Å². The minimum atomic E-state index is -0.506. The van der Waals surface area contributed by atoms with Crippen LogP contribution in [0, 0.1) is 18.3 Å². The van der Waals surface area contributed by atoms with E-state index in [2.05, 4.69) is 25.9 Å². The van der Waals surface area contributed by atoms with Gasteiger partial charge in [-0.15, -0.1) is 10.2 Å². The standard InChI is InChI=1S/C12H11N7O/c1-7-9(11(14)20)3-2-4-10(7)15-6-8(5-13)12-16-18-19-17-12/h2-4,6,15H,1H3,(H2,14,20)(H,16,17,18,19). The summed E-state index contributed by atoms with van der Waals surface area (Å²) < 4.78 is 0. The first kappa shape index (κ1) is 13.2. The van der Waals surface area contributed by atoms with Gasteiger partial charge in [-0.3, -0.25) is 4.79 Å². The van der Waals surface area contributed by atoms with Crippen molar-refractivity contribution in [2.45, 2.75) is 6.92 Å². The number of rotatable bonds is 4. The van der Waals surface area contributed by atoms with Gasteiger partial charge < -0.3 is 11.1 Å². The van der Waals surface area contributed by atoms with E-state index in [1.165, 1.54) is 6.20 Å². The number of H-pyrrole nitrogens is 1. The van der Waals surface area contributed by atoms with Crippen molar-refractivity contribution in [1.82, 2.24) is 20.6 Å². The van der Waals surface area contributed by atoms with Gasteiger partial charge in [0, 0.05) is 17.5 Å². The van der Waals surface area contributed by atoms with Gasteiger partial charge in [-0.2, -0.15) is 10.5 Å². The summed E-state index contributed by atoms with van der Waals surface area (Å²) in [6.07, 6.45) is 1.44. The van der Waals surface area contributed by atoms with E-state index < -0.39 is 5.91 Å². The lowest BCUT2D eigenvalue weighted by Crippen LogP contribution is -2.13. The van der Waals surface area contributed by atoms with E-state index in [9.17, 15) is 4.79 Å². The molecule has 0 bridgehead atoms. The number of nitrogens with one attached hydrogen (secondary N) is 2. The second kappa shape index (κ2) is 5.62. The van der Waals surface area contributed by atoms with Crippen LogP contribution in [0.25, 0.3) is 5.57 Å². The average molecular weight is 269 g/mol. The normalized spacial score (nSPS) is 10.9. The number of nitriles is 1. The van der Waals surface area contributed by atoms with Crippen LogP contribution in [0.1, 0.15) is 21.7 Å². The Morgan fingerprint density at radius 3 is 2.95 bits per heavy atom. The molecule has 0 aliphatic carbocycles. The number of aromatic nitrogens is 4. The minimum absolute atomic E-state index is 0.184. The molecule has 0 aliphatic rings. The number of anilines is 1. The number of carbonyl (C=O) groups excluding carboxylic acids is 1. The first-order chi connectivity index (χ1) is 9.63. The van der Waals surface area contributed by atoms with Gasteiger partial charge in [0.1, 0.15) is 11.6 Å². The predicted molar refractivity (Wildman–Crippen MR) is 71.1 cm³/mol. The molecule has 2 aromatic rings. The first-order valence-corrected chi connectivity index (χ1v) is 5.63. The summed E-state index contributed by atoms with van der Waals surface area (Å²) in [6, 6.07) is 7.05. The molecule has 0 aliphatic heterocycles. The van der Waals surface area contributed by atoms with Gasteiger partial charge in [-0.05, 0) is 29.8 Å². The fourth-order valence-corrected chi connectivity index (χ4v) is 1.63. The number of primary amides is 1. The summed E-state index contributed by atoms with van der Waals surface area (Å²) in [7, 11) is 0. The Labute approximate surface area is 114 Å². The number of benzene rings is 1. The highest BCUT2D eigenvalue weighted by molar-refractivity contribution is 5.95. The molecule has 20 heavy (non-hydrogen) atoms. The second-order valence-corrected chi connectivity index (χ2v) is 3.89. The van der Waals surface area contributed by atoms with Crippen molar-refractivity contribution in [3.05, 3.63) is 41.4 Å². The Hall–Kier alpha value is -3.21. The van der Waals surface area contributed by atoms with Crippen LogP contribution in [-0.4, -0.2) is 26.5 Å². The number of hydrogen-bond donors (Lipinski definition) is 3. The summed E-state index contributed by atoms with van der Waals surface area (Å²) >= 11 is 0. The van der Waals surface area contributed by atoms with Gasteiger partial charge in [0.05, 0.1) is 0 Å². The van der Waals surface area contributed by atoms with E-state index in [-0.39, 0.29) is 11.4 Å². The highest BCUT2D eigenvalue weighted by Gasteiger charge is 2.09. The Kier molecular flexibility index (Phi) is 3.72. The highest BCUT2D eigenvalue weighted by atomic mass is 16.1. The van der Waals surface area contributed by atoms with Crippen LogP contribution in [0.4, 0.5) is 5.69 Å². The Morgan fingerprint density at radius 2 is 2.35 bits per heavy atom. The SMILES string of the molecule is Cc1c(NC=C(C#N)c2nn[nH]n2)cccc1C(N)=O. The molecule has 2 rings (SSSR count). The summed E-state index contributed by atoms with van der Waals surface area (Å²) in [5.41, 5.74) is 7.27. The van der Waals surface area contributed by atoms with Crippen molar-refractivity contribution in [3.63, 3.8) is 0 Å². The van der Waals surface area contributed by atoms with E-state index >= 15 is 0 Å². The summed E-state index contributed by atoms with van der Waals surface area (Å²) in [6.45, 7) is 1.76. The first-order valence-electron chi connectivity index (χ1n) is 5.63. The maximum absolute atomic E-state index is 11.2. The van der Waals surface area contributed by atoms with Gasteiger partial charge in [0.25, 0.3) is 0 Å². The van der Waals surface area contributed by atoms with Crippen LogP contribution < -0.4 is 11.1 Å². The van der Waals surface area contributed by atoms with Crippen LogP contribution in [0.15, 0.2) is 24.4 Å². The molecule has 1 heterocycles. The van der Waals surface area contributed by atoms with Gasteiger partial charge in [0.15, 0.2) is 0 Å². The average Bonchev–Trinajstić information content (AvgIpc) is 2.95. The van der Waals surface area contributed by atoms with Crippen molar-refractivity contribution in [1.29, 1.82) is 5.26 Å². The van der Waals surface area contributed by atoms with Crippen molar-refractivity contribution in [2.75, 3.05) is 5.32 Å². The third-order valence-corrected chi connectivity index (χ3v) is 2.68. The third kappa shape index (κ3) is 2.62. The molecular formula is C12H11N7O. The smallest absolute Gasteiger partial charge is 0.249 e. The molecule has 0 spiro atoms.